The van der Waals surface area contributed by atoms with Gasteiger partial charge in [-0.1, -0.05) is 6.07 Å². The second-order valence-corrected chi connectivity index (χ2v) is 5.68. The van der Waals surface area contributed by atoms with Gasteiger partial charge in [-0.25, -0.2) is 0 Å². The van der Waals surface area contributed by atoms with E-state index >= 15 is 0 Å². The number of rotatable bonds is 5. The van der Waals surface area contributed by atoms with E-state index in [0.717, 1.165) is 30.6 Å². The van der Waals surface area contributed by atoms with Crippen LogP contribution in [0.2, 0.25) is 0 Å². The van der Waals surface area contributed by atoms with Gasteiger partial charge in [0.25, 0.3) is 0 Å². The molecule has 4 nitrogen and oxygen atoms in total. The van der Waals surface area contributed by atoms with Crippen molar-refractivity contribution in [3.05, 3.63) is 28.3 Å². The lowest BCUT2D eigenvalue weighted by atomic mass is 9.96. The molecule has 0 bridgehead atoms. The maximum absolute atomic E-state index is 11.9. The third-order valence-electron chi connectivity index (χ3n) is 4.25. The van der Waals surface area contributed by atoms with Gasteiger partial charge in [0.1, 0.15) is 11.9 Å². The maximum Gasteiger partial charge on any atom is 0.249 e. The topological polar surface area (TPSA) is 47.6 Å². The number of methoxy groups -OCH3 is 1. The monoisotopic (exact) mass is 291 g/mol. The van der Waals surface area contributed by atoms with Crippen molar-refractivity contribution in [2.45, 2.75) is 46.1 Å². The molecule has 1 amide bonds. The van der Waals surface area contributed by atoms with Gasteiger partial charge in [-0.05, 0) is 62.3 Å². The molecule has 21 heavy (non-hydrogen) atoms. The van der Waals surface area contributed by atoms with Crippen molar-refractivity contribution in [2.24, 2.45) is 0 Å². The Kier molecular flexibility index (Phi) is 5.23. The zero-order chi connectivity index (χ0) is 15.4. The van der Waals surface area contributed by atoms with Crippen molar-refractivity contribution < 1.29 is 14.3 Å². The number of hydrogen-bond donors (Lipinski definition) is 1. The lowest BCUT2D eigenvalue weighted by molar-refractivity contribution is -0.129. The van der Waals surface area contributed by atoms with Gasteiger partial charge in [0.2, 0.25) is 5.91 Å². The summed E-state index contributed by atoms with van der Waals surface area (Å²) in [5.41, 5.74) is 4.82. The van der Waals surface area contributed by atoms with Crippen molar-refractivity contribution in [1.29, 1.82) is 0 Å². The lowest BCUT2D eigenvalue weighted by Crippen LogP contribution is -2.35. The Morgan fingerprint density at radius 1 is 1.38 bits per heavy atom. The number of carbonyl (C=O) groups is 1. The Morgan fingerprint density at radius 3 is 2.76 bits per heavy atom. The third-order valence-corrected chi connectivity index (χ3v) is 4.25. The molecule has 1 fully saturated rings. The van der Waals surface area contributed by atoms with Crippen LogP contribution in [0.15, 0.2) is 6.07 Å². The van der Waals surface area contributed by atoms with Crippen LogP contribution in [0.25, 0.3) is 0 Å². The lowest BCUT2D eigenvalue weighted by Gasteiger charge is -2.16. The Balaban J connectivity index is 1.95. The van der Waals surface area contributed by atoms with Crippen molar-refractivity contribution in [2.75, 3.05) is 20.3 Å². The Hall–Kier alpha value is -1.55. The van der Waals surface area contributed by atoms with Crippen LogP contribution in [0.1, 0.15) is 35.1 Å². The highest BCUT2D eigenvalue weighted by Crippen LogP contribution is 2.28. The van der Waals surface area contributed by atoms with E-state index in [2.05, 4.69) is 32.2 Å². The standard InChI is InChI=1S/C17H25NO3/c1-11-10-14(12(2)13(3)16(11)20-4)7-8-18-17(19)15-6-5-9-21-15/h10,15H,5-9H2,1-4H3,(H,18,19). The van der Waals surface area contributed by atoms with E-state index in [9.17, 15) is 4.79 Å². The summed E-state index contributed by atoms with van der Waals surface area (Å²) in [6.45, 7) is 7.59. The first-order valence-electron chi connectivity index (χ1n) is 7.57. The molecule has 1 heterocycles. The molecule has 0 aliphatic carbocycles. The van der Waals surface area contributed by atoms with Crippen LogP contribution in [0.5, 0.6) is 5.75 Å². The predicted octanol–water partition coefficient (Wildman–Crippen LogP) is 2.46. The molecular formula is C17H25NO3. The molecule has 1 aliphatic heterocycles. The number of hydrogen-bond acceptors (Lipinski definition) is 3. The number of amides is 1. The van der Waals surface area contributed by atoms with Gasteiger partial charge in [-0.15, -0.1) is 0 Å². The molecule has 1 atom stereocenters. The van der Waals surface area contributed by atoms with E-state index in [1.807, 2.05) is 0 Å². The Morgan fingerprint density at radius 2 is 2.14 bits per heavy atom. The fourth-order valence-electron chi connectivity index (χ4n) is 2.93. The highest BCUT2D eigenvalue weighted by Gasteiger charge is 2.23. The zero-order valence-corrected chi connectivity index (χ0v) is 13.4. The summed E-state index contributed by atoms with van der Waals surface area (Å²) in [6.07, 6.45) is 2.40. The largest absolute Gasteiger partial charge is 0.496 e. The normalized spacial score (nSPS) is 17.8. The van der Waals surface area contributed by atoms with Crippen LogP contribution in [-0.4, -0.2) is 32.3 Å². The SMILES string of the molecule is COc1c(C)cc(CCNC(=O)C2CCCO2)c(C)c1C. The summed E-state index contributed by atoms with van der Waals surface area (Å²) in [7, 11) is 1.70. The van der Waals surface area contributed by atoms with Gasteiger partial charge in [0.15, 0.2) is 0 Å². The van der Waals surface area contributed by atoms with E-state index in [0.29, 0.717) is 13.2 Å². The third kappa shape index (κ3) is 3.56. The molecule has 2 rings (SSSR count). The molecule has 1 aliphatic rings. The summed E-state index contributed by atoms with van der Waals surface area (Å²) in [4.78, 5) is 11.9. The fourth-order valence-corrected chi connectivity index (χ4v) is 2.93. The van der Waals surface area contributed by atoms with Crippen molar-refractivity contribution in [3.63, 3.8) is 0 Å². The number of ether oxygens (including phenoxy) is 2. The highest BCUT2D eigenvalue weighted by molar-refractivity contribution is 5.80. The minimum atomic E-state index is -0.245. The Bertz CT molecular complexity index is 519. The predicted molar refractivity (Wildman–Crippen MR) is 82.9 cm³/mol. The zero-order valence-electron chi connectivity index (χ0n) is 13.4. The number of carbonyl (C=O) groups excluding carboxylic acids is 1. The van der Waals surface area contributed by atoms with Gasteiger partial charge in [0.05, 0.1) is 7.11 Å². The van der Waals surface area contributed by atoms with Crippen LogP contribution < -0.4 is 10.1 Å². The van der Waals surface area contributed by atoms with Crippen molar-refractivity contribution >= 4 is 5.91 Å². The average Bonchev–Trinajstić information content (AvgIpc) is 2.99. The second kappa shape index (κ2) is 6.94. The van der Waals surface area contributed by atoms with E-state index in [1.54, 1.807) is 7.11 Å². The van der Waals surface area contributed by atoms with Crippen LogP contribution >= 0.6 is 0 Å². The van der Waals surface area contributed by atoms with Gasteiger partial charge in [-0.3, -0.25) is 4.79 Å². The van der Waals surface area contributed by atoms with Gasteiger partial charge < -0.3 is 14.8 Å². The number of benzene rings is 1. The number of aryl methyl sites for hydroxylation is 1. The molecule has 1 aromatic rings. The molecule has 1 unspecified atom stereocenters. The highest BCUT2D eigenvalue weighted by atomic mass is 16.5. The average molecular weight is 291 g/mol. The maximum atomic E-state index is 11.9. The first kappa shape index (κ1) is 15.8. The van der Waals surface area contributed by atoms with Crippen molar-refractivity contribution in [3.8, 4) is 5.75 Å². The summed E-state index contributed by atoms with van der Waals surface area (Å²) in [5, 5.41) is 2.97. The quantitative estimate of drug-likeness (QED) is 0.906. The molecule has 0 saturated carbocycles. The molecule has 0 spiro atoms. The summed E-state index contributed by atoms with van der Waals surface area (Å²) >= 11 is 0. The summed E-state index contributed by atoms with van der Waals surface area (Å²) in [6, 6.07) is 2.15. The molecule has 1 aromatic carbocycles. The first-order chi connectivity index (χ1) is 10.0. The minimum absolute atomic E-state index is 0.0205. The molecule has 116 valence electrons. The van der Waals surface area contributed by atoms with Crippen LogP contribution in [0.4, 0.5) is 0 Å². The summed E-state index contributed by atoms with van der Waals surface area (Å²) < 4.78 is 10.8. The number of nitrogens with one attached hydrogen (secondary N) is 1. The van der Waals surface area contributed by atoms with Crippen LogP contribution in [0.3, 0.4) is 0 Å². The molecule has 1 N–H and O–H groups in total. The van der Waals surface area contributed by atoms with E-state index in [-0.39, 0.29) is 12.0 Å². The molecule has 0 aromatic heterocycles. The molecule has 4 heteroatoms. The minimum Gasteiger partial charge on any atom is -0.496 e. The van der Waals surface area contributed by atoms with Gasteiger partial charge in [-0.2, -0.15) is 0 Å². The van der Waals surface area contributed by atoms with E-state index in [1.165, 1.54) is 16.7 Å². The molecule has 1 saturated heterocycles. The van der Waals surface area contributed by atoms with E-state index < -0.39 is 0 Å². The first-order valence-corrected chi connectivity index (χ1v) is 7.57. The molecule has 0 radical (unpaired) electrons. The second-order valence-electron chi connectivity index (χ2n) is 5.68. The Labute approximate surface area is 126 Å². The van der Waals surface area contributed by atoms with Gasteiger partial charge in [0, 0.05) is 13.2 Å². The van der Waals surface area contributed by atoms with Gasteiger partial charge >= 0.3 is 0 Å². The van der Waals surface area contributed by atoms with Crippen molar-refractivity contribution in [1.82, 2.24) is 5.32 Å². The smallest absolute Gasteiger partial charge is 0.249 e. The van der Waals surface area contributed by atoms with Crippen LogP contribution in [-0.2, 0) is 16.0 Å². The van der Waals surface area contributed by atoms with Crippen LogP contribution in [0, 0.1) is 20.8 Å². The fraction of sp³-hybridized carbons (Fsp3) is 0.588. The summed E-state index contributed by atoms with van der Waals surface area (Å²) in [5.74, 6) is 0.978. The van der Waals surface area contributed by atoms with E-state index in [4.69, 9.17) is 9.47 Å². The molecular weight excluding hydrogens is 266 g/mol.